The first-order valence-electron chi connectivity index (χ1n) is 11.5. The van der Waals surface area contributed by atoms with Crippen LogP contribution in [0.5, 0.6) is 11.5 Å². The quantitative estimate of drug-likeness (QED) is 0.422. The van der Waals surface area contributed by atoms with Crippen LogP contribution in [-0.2, 0) is 19.1 Å². The van der Waals surface area contributed by atoms with Crippen LogP contribution in [0.1, 0.15) is 30.5 Å². The van der Waals surface area contributed by atoms with Crippen LogP contribution in [0.3, 0.4) is 0 Å². The SMILES string of the molecule is CCOC(=O)[C@]1(CCSC)N[C@H](c2ccc(O)c(OC)c2)[C@@H]2C(=O)N(c3ccc(C)cc3)C(=O)[C@H]21. The van der Waals surface area contributed by atoms with Crippen molar-refractivity contribution in [3.05, 3.63) is 53.6 Å². The Hall–Kier alpha value is -3.04. The first-order valence-corrected chi connectivity index (χ1v) is 12.9. The van der Waals surface area contributed by atoms with Gasteiger partial charge in [-0.15, -0.1) is 0 Å². The smallest absolute Gasteiger partial charge is 0.327 e. The molecule has 2 saturated heterocycles. The van der Waals surface area contributed by atoms with Gasteiger partial charge in [0.15, 0.2) is 11.5 Å². The average Bonchev–Trinajstić information content (AvgIpc) is 3.33. The van der Waals surface area contributed by atoms with E-state index in [2.05, 4.69) is 5.32 Å². The van der Waals surface area contributed by atoms with Crippen LogP contribution in [-0.4, -0.2) is 54.2 Å². The van der Waals surface area contributed by atoms with Crippen molar-refractivity contribution in [2.24, 2.45) is 11.8 Å². The minimum absolute atomic E-state index is 0.0417. The van der Waals surface area contributed by atoms with Gasteiger partial charge in [-0.25, -0.2) is 4.90 Å². The van der Waals surface area contributed by atoms with Gasteiger partial charge in [-0.3, -0.25) is 19.7 Å². The Morgan fingerprint density at radius 1 is 1.17 bits per heavy atom. The molecule has 2 aliphatic rings. The van der Waals surface area contributed by atoms with E-state index in [0.29, 0.717) is 23.4 Å². The van der Waals surface area contributed by atoms with Gasteiger partial charge in [-0.2, -0.15) is 11.8 Å². The molecule has 2 heterocycles. The standard InChI is InChI=1S/C26H30N2O6S/c1-5-34-25(32)26(12-13-35-4)21-20(22(27-26)16-8-11-18(29)19(14-16)33-3)23(30)28(24(21)31)17-9-6-15(2)7-10-17/h6-11,14,20-22,27,29H,5,12-13H2,1-4H3/t20-,21+,22-,26-/m1/s1. The molecule has 4 atom stereocenters. The lowest BCUT2D eigenvalue weighted by Crippen LogP contribution is -2.57. The second kappa shape index (κ2) is 9.91. The van der Waals surface area contributed by atoms with Gasteiger partial charge in [-0.1, -0.05) is 23.8 Å². The van der Waals surface area contributed by atoms with E-state index in [1.807, 2.05) is 25.3 Å². The predicted molar refractivity (Wildman–Crippen MR) is 134 cm³/mol. The van der Waals surface area contributed by atoms with Crippen molar-refractivity contribution >= 4 is 35.2 Å². The van der Waals surface area contributed by atoms with Crippen molar-refractivity contribution < 1.29 is 29.0 Å². The van der Waals surface area contributed by atoms with E-state index in [1.165, 1.54) is 18.1 Å². The fourth-order valence-corrected chi connectivity index (χ4v) is 5.69. The van der Waals surface area contributed by atoms with Crippen molar-refractivity contribution in [3.8, 4) is 11.5 Å². The molecule has 0 bridgehead atoms. The molecule has 0 radical (unpaired) electrons. The zero-order valence-corrected chi connectivity index (χ0v) is 21.1. The Balaban J connectivity index is 1.87. The zero-order chi connectivity index (χ0) is 25.3. The van der Waals surface area contributed by atoms with Crippen molar-refractivity contribution in [1.29, 1.82) is 0 Å². The van der Waals surface area contributed by atoms with Crippen LogP contribution in [0.15, 0.2) is 42.5 Å². The van der Waals surface area contributed by atoms with E-state index in [0.717, 1.165) is 5.56 Å². The lowest BCUT2D eigenvalue weighted by Gasteiger charge is -2.33. The fraction of sp³-hybridized carbons (Fsp3) is 0.423. The molecule has 2 amide bonds. The number of aromatic hydroxyl groups is 1. The molecule has 9 heteroatoms. The number of imide groups is 1. The Morgan fingerprint density at radius 3 is 2.51 bits per heavy atom. The number of nitrogens with zero attached hydrogens (tertiary/aromatic N) is 1. The van der Waals surface area contributed by atoms with E-state index in [4.69, 9.17) is 9.47 Å². The summed E-state index contributed by atoms with van der Waals surface area (Å²) in [5, 5.41) is 13.5. The van der Waals surface area contributed by atoms with Gasteiger partial charge in [0.2, 0.25) is 11.8 Å². The first-order chi connectivity index (χ1) is 16.8. The molecule has 186 valence electrons. The maximum absolute atomic E-state index is 13.9. The minimum atomic E-state index is -1.37. The minimum Gasteiger partial charge on any atom is -0.504 e. The molecule has 0 aromatic heterocycles. The Morgan fingerprint density at radius 2 is 1.89 bits per heavy atom. The Bertz CT molecular complexity index is 1140. The molecular formula is C26H30N2O6S. The van der Waals surface area contributed by atoms with Crippen LogP contribution in [0.4, 0.5) is 5.69 Å². The number of aryl methyl sites for hydroxylation is 1. The molecule has 0 spiro atoms. The van der Waals surface area contributed by atoms with Gasteiger partial charge in [0, 0.05) is 6.04 Å². The molecule has 4 rings (SSSR count). The monoisotopic (exact) mass is 498 g/mol. The number of phenolic OH excluding ortho intramolecular Hbond substituents is 1. The van der Waals surface area contributed by atoms with Crippen LogP contribution in [0.25, 0.3) is 0 Å². The molecule has 2 fully saturated rings. The van der Waals surface area contributed by atoms with Gasteiger partial charge in [0.25, 0.3) is 0 Å². The summed E-state index contributed by atoms with van der Waals surface area (Å²) in [4.78, 5) is 42.4. The highest BCUT2D eigenvalue weighted by Crippen LogP contribution is 2.52. The fourth-order valence-electron chi connectivity index (χ4n) is 5.17. The summed E-state index contributed by atoms with van der Waals surface area (Å²) < 4.78 is 10.7. The Kier molecular flexibility index (Phi) is 7.10. The van der Waals surface area contributed by atoms with Gasteiger partial charge >= 0.3 is 5.97 Å². The van der Waals surface area contributed by atoms with Gasteiger partial charge in [0.05, 0.1) is 31.2 Å². The van der Waals surface area contributed by atoms with Crippen LogP contribution in [0, 0.1) is 18.8 Å². The van der Waals surface area contributed by atoms with Gasteiger partial charge in [-0.05, 0) is 62.1 Å². The lowest BCUT2D eigenvalue weighted by molar-refractivity contribution is -0.154. The molecule has 2 aromatic rings. The van der Waals surface area contributed by atoms with E-state index in [-0.39, 0.29) is 24.0 Å². The summed E-state index contributed by atoms with van der Waals surface area (Å²) in [6.07, 6.45) is 2.24. The predicted octanol–water partition coefficient (Wildman–Crippen LogP) is 3.21. The number of esters is 1. The number of fused-ring (bicyclic) bond motifs is 1. The van der Waals surface area contributed by atoms with E-state index >= 15 is 0 Å². The number of methoxy groups -OCH3 is 1. The van der Waals surface area contributed by atoms with Crippen LogP contribution >= 0.6 is 11.8 Å². The molecule has 2 aliphatic heterocycles. The van der Waals surface area contributed by atoms with Crippen LogP contribution in [0.2, 0.25) is 0 Å². The molecule has 2 aromatic carbocycles. The number of ether oxygens (including phenoxy) is 2. The number of benzene rings is 2. The number of carbonyl (C=O) groups excluding carboxylic acids is 3. The molecule has 0 unspecified atom stereocenters. The van der Waals surface area contributed by atoms with Crippen molar-refractivity contribution in [2.75, 3.05) is 30.6 Å². The molecule has 0 aliphatic carbocycles. The average molecular weight is 499 g/mol. The number of thioether (sulfide) groups is 1. The molecule has 2 N–H and O–H groups in total. The van der Waals surface area contributed by atoms with Crippen molar-refractivity contribution in [3.63, 3.8) is 0 Å². The molecule has 35 heavy (non-hydrogen) atoms. The number of amides is 2. The highest BCUT2D eigenvalue weighted by molar-refractivity contribution is 7.98. The third-order valence-electron chi connectivity index (χ3n) is 6.85. The number of phenols is 1. The topological polar surface area (TPSA) is 105 Å². The highest BCUT2D eigenvalue weighted by atomic mass is 32.2. The third-order valence-corrected chi connectivity index (χ3v) is 7.46. The summed E-state index contributed by atoms with van der Waals surface area (Å²) in [7, 11) is 1.44. The van der Waals surface area contributed by atoms with E-state index in [1.54, 1.807) is 43.0 Å². The van der Waals surface area contributed by atoms with E-state index < -0.39 is 35.3 Å². The second-order valence-corrected chi connectivity index (χ2v) is 9.82. The Labute approximate surface area is 209 Å². The molecule has 0 saturated carbocycles. The van der Waals surface area contributed by atoms with Crippen molar-refractivity contribution in [1.82, 2.24) is 5.32 Å². The molecular weight excluding hydrogens is 468 g/mol. The number of anilines is 1. The maximum atomic E-state index is 13.9. The van der Waals surface area contributed by atoms with Crippen molar-refractivity contribution in [2.45, 2.75) is 31.8 Å². The molecule has 8 nitrogen and oxygen atoms in total. The van der Waals surface area contributed by atoms with E-state index in [9.17, 15) is 19.5 Å². The normalized spacial score (nSPS) is 25.6. The summed E-state index contributed by atoms with van der Waals surface area (Å²) in [5.74, 6) is -2.30. The first kappa shape index (κ1) is 25.1. The summed E-state index contributed by atoms with van der Waals surface area (Å²) >= 11 is 1.55. The zero-order valence-electron chi connectivity index (χ0n) is 20.2. The lowest BCUT2D eigenvalue weighted by atomic mass is 9.78. The van der Waals surface area contributed by atoms with Crippen LogP contribution < -0.4 is 15.0 Å². The number of carbonyl (C=O) groups is 3. The number of nitrogens with one attached hydrogen (secondary N) is 1. The number of rotatable bonds is 8. The number of hydrogen-bond donors (Lipinski definition) is 2. The second-order valence-electron chi connectivity index (χ2n) is 8.84. The summed E-state index contributed by atoms with van der Waals surface area (Å²) in [5.41, 5.74) is 0.747. The maximum Gasteiger partial charge on any atom is 0.327 e. The highest BCUT2D eigenvalue weighted by Gasteiger charge is 2.68. The van der Waals surface area contributed by atoms with Gasteiger partial charge < -0.3 is 14.6 Å². The number of hydrogen-bond acceptors (Lipinski definition) is 8. The van der Waals surface area contributed by atoms with Gasteiger partial charge in [0.1, 0.15) is 5.54 Å². The third kappa shape index (κ3) is 4.16. The summed E-state index contributed by atoms with van der Waals surface area (Å²) in [6, 6.07) is 11.3. The summed E-state index contributed by atoms with van der Waals surface area (Å²) in [6.45, 7) is 3.80. The largest absolute Gasteiger partial charge is 0.504 e.